The molecule has 1 atom stereocenters. The second-order valence-corrected chi connectivity index (χ2v) is 12.1. The molecule has 47 heavy (non-hydrogen) atoms. The molecular formula is C34H43ClN10O2. The minimum absolute atomic E-state index is 0.0736. The van der Waals surface area contributed by atoms with Gasteiger partial charge in [0.2, 0.25) is 5.91 Å². The lowest BCUT2D eigenvalue weighted by molar-refractivity contribution is -0.117. The van der Waals surface area contributed by atoms with Crippen LogP contribution in [0.1, 0.15) is 46.4 Å². The molecular weight excluding hydrogens is 616 g/mol. The summed E-state index contributed by atoms with van der Waals surface area (Å²) in [5.41, 5.74) is 21.5. The van der Waals surface area contributed by atoms with Crippen molar-refractivity contribution in [3.05, 3.63) is 88.2 Å². The Hall–Kier alpha value is -4.78. The summed E-state index contributed by atoms with van der Waals surface area (Å²) in [6.45, 7) is 1.54. The molecule has 0 aliphatic heterocycles. The fourth-order valence-electron chi connectivity index (χ4n) is 5.06. The molecule has 1 aromatic heterocycles. The summed E-state index contributed by atoms with van der Waals surface area (Å²) < 4.78 is 0. The lowest BCUT2D eigenvalue weighted by atomic mass is 9.98. The van der Waals surface area contributed by atoms with Crippen molar-refractivity contribution in [2.75, 3.05) is 44.0 Å². The average molecular weight is 659 g/mol. The molecule has 3 aromatic carbocycles. The minimum Gasteiger partial charge on any atom is -0.382 e. The first kappa shape index (κ1) is 35.1. The monoisotopic (exact) mass is 658 g/mol. The fraction of sp³-hybridized carbons (Fsp3) is 0.324. The zero-order valence-corrected chi connectivity index (χ0v) is 27.5. The van der Waals surface area contributed by atoms with Crippen LogP contribution in [0.4, 0.5) is 17.3 Å². The van der Waals surface area contributed by atoms with E-state index in [1.165, 1.54) is 11.1 Å². The Morgan fingerprint density at radius 3 is 2.21 bits per heavy atom. The predicted molar refractivity (Wildman–Crippen MR) is 190 cm³/mol. The third kappa shape index (κ3) is 10.6. The van der Waals surface area contributed by atoms with Gasteiger partial charge in [0.25, 0.3) is 5.91 Å². The molecule has 0 spiro atoms. The van der Waals surface area contributed by atoms with Crippen LogP contribution in [0.3, 0.4) is 0 Å². The molecule has 4 rings (SSSR count). The third-order valence-electron chi connectivity index (χ3n) is 7.61. The Kier molecular flexibility index (Phi) is 12.5. The number of nitrogen functional groups attached to an aromatic ring is 2. The predicted octanol–water partition coefficient (Wildman–Crippen LogP) is 3.73. The maximum absolute atomic E-state index is 12.8. The summed E-state index contributed by atoms with van der Waals surface area (Å²) in [4.78, 5) is 34.9. The Labute approximate surface area is 280 Å². The lowest BCUT2D eigenvalue weighted by Crippen LogP contribution is -2.41. The molecule has 0 saturated carbocycles. The van der Waals surface area contributed by atoms with Gasteiger partial charge < -0.3 is 32.7 Å². The van der Waals surface area contributed by atoms with Crippen LogP contribution in [0.5, 0.6) is 0 Å². The van der Waals surface area contributed by atoms with Crippen molar-refractivity contribution in [2.24, 2.45) is 5.73 Å². The van der Waals surface area contributed by atoms with Crippen molar-refractivity contribution >= 4 is 57.5 Å². The van der Waals surface area contributed by atoms with Crippen molar-refractivity contribution in [1.82, 2.24) is 25.5 Å². The molecule has 0 fully saturated rings. The Morgan fingerprint density at radius 1 is 0.872 bits per heavy atom. The number of unbranched alkanes of at least 4 members (excludes halogenated alkanes) is 1. The van der Waals surface area contributed by atoms with Crippen LogP contribution in [0, 0.1) is 5.41 Å². The number of nitrogens with two attached hydrogens (primary N) is 3. The van der Waals surface area contributed by atoms with Crippen molar-refractivity contribution in [3.63, 3.8) is 0 Å². The highest BCUT2D eigenvalue weighted by atomic mass is 35.5. The zero-order valence-electron chi connectivity index (χ0n) is 26.8. The standard InChI is InChI=1S/C34H43ClN10O2/c1-45(2)17-5-7-21-10-14-26(15-11-21)41-32(46)27(36)20-23-9-13-24-18-22(8-12-25(24)19-23)6-3-4-16-40-34(39)44-33(47)28-30(37)43-31(38)29(35)42-28/h8-15,18-19,27H,3-7,16-17,20,36H2,1-2H3,(H,41,46)(H4,37,38,43)(H3,39,40,44,47)/t27-/m0/s1. The number of aromatic nitrogens is 2. The molecule has 0 unspecified atom stereocenters. The highest BCUT2D eigenvalue weighted by molar-refractivity contribution is 6.31. The van der Waals surface area contributed by atoms with E-state index in [4.69, 9.17) is 34.2 Å². The number of guanidine groups is 1. The molecule has 0 aliphatic rings. The van der Waals surface area contributed by atoms with Gasteiger partial charge >= 0.3 is 0 Å². The van der Waals surface area contributed by atoms with Crippen LogP contribution in [0.15, 0.2) is 60.7 Å². The number of nitrogens with one attached hydrogen (secondary N) is 4. The van der Waals surface area contributed by atoms with Crippen molar-refractivity contribution in [2.45, 2.75) is 44.6 Å². The van der Waals surface area contributed by atoms with Gasteiger partial charge in [-0.2, -0.15) is 0 Å². The number of carbonyl (C=O) groups excluding carboxylic acids is 2. The van der Waals surface area contributed by atoms with Crippen molar-refractivity contribution in [3.8, 4) is 0 Å². The number of anilines is 3. The molecule has 12 nitrogen and oxygen atoms in total. The van der Waals surface area contributed by atoms with E-state index in [-0.39, 0.29) is 34.3 Å². The van der Waals surface area contributed by atoms with Gasteiger partial charge in [-0.3, -0.25) is 20.3 Å². The number of amides is 2. The van der Waals surface area contributed by atoms with Gasteiger partial charge in [-0.15, -0.1) is 0 Å². The molecule has 2 amide bonds. The Morgan fingerprint density at radius 2 is 1.51 bits per heavy atom. The number of nitrogens with zero attached hydrogens (tertiary/aromatic N) is 3. The summed E-state index contributed by atoms with van der Waals surface area (Å²) in [5, 5.41) is 18.2. The van der Waals surface area contributed by atoms with Crippen LogP contribution in [-0.4, -0.2) is 65.9 Å². The number of benzene rings is 3. The van der Waals surface area contributed by atoms with Crippen molar-refractivity contribution < 1.29 is 9.59 Å². The summed E-state index contributed by atoms with van der Waals surface area (Å²) in [5.74, 6) is -1.33. The zero-order chi connectivity index (χ0) is 33.9. The van der Waals surface area contributed by atoms with E-state index in [2.05, 4.69) is 87.4 Å². The topological polar surface area (TPSA) is 201 Å². The Bertz CT molecular complexity index is 1710. The lowest BCUT2D eigenvalue weighted by Gasteiger charge is -2.14. The quantitative estimate of drug-likeness (QED) is 0.0599. The summed E-state index contributed by atoms with van der Waals surface area (Å²) in [6.07, 6.45) is 5.04. The number of rotatable bonds is 14. The van der Waals surface area contributed by atoms with E-state index >= 15 is 0 Å². The first-order valence-corrected chi connectivity index (χ1v) is 15.9. The van der Waals surface area contributed by atoms with Gasteiger partial charge in [-0.1, -0.05) is 60.1 Å². The van der Waals surface area contributed by atoms with Crippen LogP contribution < -0.4 is 33.2 Å². The van der Waals surface area contributed by atoms with Crippen LogP contribution in [0.25, 0.3) is 10.8 Å². The number of hydrogen-bond donors (Lipinski definition) is 7. The molecule has 248 valence electrons. The molecule has 0 radical (unpaired) electrons. The summed E-state index contributed by atoms with van der Waals surface area (Å²) in [6, 6.07) is 19.8. The van der Waals surface area contributed by atoms with E-state index in [1.807, 2.05) is 18.2 Å². The second-order valence-electron chi connectivity index (χ2n) is 11.8. The van der Waals surface area contributed by atoms with Crippen LogP contribution >= 0.6 is 11.6 Å². The van der Waals surface area contributed by atoms with Gasteiger partial charge in [-0.25, -0.2) is 9.97 Å². The first-order chi connectivity index (χ1) is 22.5. The largest absolute Gasteiger partial charge is 0.382 e. The Balaban J connectivity index is 1.19. The summed E-state index contributed by atoms with van der Waals surface area (Å²) in [7, 11) is 4.14. The van der Waals surface area contributed by atoms with Gasteiger partial charge in [-0.05, 0) is 98.8 Å². The van der Waals surface area contributed by atoms with E-state index in [0.717, 1.165) is 60.7 Å². The normalized spacial score (nSPS) is 11.8. The third-order valence-corrected chi connectivity index (χ3v) is 7.88. The van der Waals surface area contributed by atoms with Gasteiger partial charge in [0.1, 0.15) is 0 Å². The maximum Gasteiger partial charge on any atom is 0.280 e. The highest BCUT2D eigenvalue weighted by Crippen LogP contribution is 2.21. The minimum atomic E-state index is -0.702. The van der Waals surface area contributed by atoms with Gasteiger partial charge in [0, 0.05) is 12.2 Å². The SMILES string of the molecule is CN(C)CCCc1ccc(NC(=O)[C@@H](N)Cc2ccc3cc(CCCCNC(=N)NC(=O)c4nc(Cl)c(N)nc4N)ccc3c2)cc1. The number of fused-ring (bicyclic) bond motifs is 1. The van der Waals surface area contributed by atoms with Crippen LogP contribution in [0.2, 0.25) is 5.15 Å². The van der Waals surface area contributed by atoms with Gasteiger partial charge in [0.05, 0.1) is 6.04 Å². The average Bonchev–Trinajstić information content (AvgIpc) is 3.03. The smallest absolute Gasteiger partial charge is 0.280 e. The van der Waals surface area contributed by atoms with E-state index < -0.39 is 11.9 Å². The molecule has 1 heterocycles. The van der Waals surface area contributed by atoms with E-state index in [0.29, 0.717) is 13.0 Å². The maximum atomic E-state index is 12.8. The van der Waals surface area contributed by atoms with E-state index in [1.54, 1.807) is 0 Å². The van der Waals surface area contributed by atoms with Crippen LogP contribution in [-0.2, 0) is 24.1 Å². The molecule has 4 aromatic rings. The van der Waals surface area contributed by atoms with Crippen molar-refractivity contribution in [1.29, 1.82) is 5.41 Å². The number of carbonyl (C=O) groups is 2. The highest BCUT2D eigenvalue weighted by Gasteiger charge is 2.17. The molecule has 13 heteroatoms. The summed E-state index contributed by atoms with van der Waals surface area (Å²) >= 11 is 5.82. The first-order valence-electron chi connectivity index (χ1n) is 15.5. The van der Waals surface area contributed by atoms with Gasteiger partial charge in [0.15, 0.2) is 28.4 Å². The number of hydrogen-bond acceptors (Lipinski definition) is 9. The second kappa shape index (κ2) is 16.7. The molecule has 0 bridgehead atoms. The molecule has 0 aliphatic carbocycles. The molecule has 0 saturated heterocycles. The molecule has 10 N–H and O–H groups in total. The fourth-order valence-corrected chi connectivity index (χ4v) is 5.18. The number of halogens is 1. The van der Waals surface area contributed by atoms with E-state index in [9.17, 15) is 9.59 Å². The number of aryl methyl sites for hydroxylation is 2.